The van der Waals surface area contributed by atoms with Gasteiger partial charge in [0.15, 0.2) is 0 Å². The lowest BCUT2D eigenvalue weighted by molar-refractivity contribution is -0.151. The molecule has 0 heterocycles. The van der Waals surface area contributed by atoms with Crippen LogP contribution < -0.4 is 0 Å². The van der Waals surface area contributed by atoms with Gasteiger partial charge < -0.3 is 10.0 Å². The van der Waals surface area contributed by atoms with Crippen LogP contribution in [0.15, 0.2) is 48.5 Å². The number of amides is 1. The van der Waals surface area contributed by atoms with Gasteiger partial charge in [0.1, 0.15) is 5.82 Å². The molecule has 0 spiro atoms. The van der Waals surface area contributed by atoms with Crippen molar-refractivity contribution in [2.45, 2.75) is 19.5 Å². The van der Waals surface area contributed by atoms with Gasteiger partial charge in [0.25, 0.3) is 0 Å². The second-order valence-corrected chi connectivity index (χ2v) is 5.84. The molecule has 0 aromatic heterocycles. The first-order valence-corrected chi connectivity index (χ1v) is 7.75. The van der Waals surface area contributed by atoms with E-state index in [9.17, 15) is 18.8 Å². The van der Waals surface area contributed by atoms with E-state index in [1.165, 1.54) is 29.2 Å². The highest BCUT2D eigenvalue weighted by Gasteiger charge is 2.22. The van der Waals surface area contributed by atoms with Crippen LogP contribution in [0.2, 0.25) is 5.02 Å². The molecule has 0 aliphatic rings. The van der Waals surface area contributed by atoms with Crippen molar-refractivity contribution in [1.82, 2.24) is 4.90 Å². The van der Waals surface area contributed by atoms with E-state index in [-0.39, 0.29) is 13.1 Å². The zero-order valence-corrected chi connectivity index (χ0v) is 13.9. The van der Waals surface area contributed by atoms with E-state index in [1.54, 1.807) is 24.3 Å². The monoisotopic (exact) mass is 363 g/mol. The molecule has 130 valence electrons. The maximum atomic E-state index is 13.0. The normalized spacial score (nSPS) is 10.3. The van der Waals surface area contributed by atoms with E-state index in [1.807, 2.05) is 0 Å². The fourth-order valence-electron chi connectivity index (χ4n) is 2.18. The topological polar surface area (TPSA) is 74.7 Å². The first-order chi connectivity index (χ1) is 11.8. The van der Waals surface area contributed by atoms with Crippen LogP contribution in [0.3, 0.4) is 0 Å². The van der Waals surface area contributed by atoms with E-state index < -0.39 is 29.9 Å². The molecule has 2 aromatic rings. The number of halogens is 2. The largest absolute Gasteiger partial charge is 0.475 e. The van der Waals surface area contributed by atoms with E-state index >= 15 is 0 Å². The van der Waals surface area contributed by atoms with Crippen molar-refractivity contribution in [2.75, 3.05) is 0 Å². The number of Topliss-reactive ketones (excluding diaryl/α,β-unsaturated/α-hetero) is 1. The summed E-state index contributed by atoms with van der Waals surface area (Å²) in [5.41, 5.74) is 1.43. The molecule has 0 atom stereocenters. The number of carbonyl (C=O) groups excluding carboxylic acids is 2. The average Bonchev–Trinajstić information content (AvgIpc) is 2.58. The summed E-state index contributed by atoms with van der Waals surface area (Å²) in [5.74, 6) is -3.85. The highest BCUT2D eigenvalue weighted by molar-refractivity contribution is 6.36. The van der Waals surface area contributed by atoms with Crippen LogP contribution >= 0.6 is 11.6 Å². The average molecular weight is 364 g/mol. The Kier molecular flexibility index (Phi) is 6.25. The third-order valence-corrected chi connectivity index (χ3v) is 3.73. The Hall–Kier alpha value is -2.73. The maximum absolute atomic E-state index is 13.0. The lowest BCUT2D eigenvalue weighted by Crippen LogP contribution is -2.33. The highest BCUT2D eigenvalue weighted by Crippen LogP contribution is 2.15. The fraction of sp³-hybridized carbons (Fsp3) is 0.167. The summed E-state index contributed by atoms with van der Waals surface area (Å²) in [6, 6.07) is 12.4. The fourth-order valence-corrected chi connectivity index (χ4v) is 2.30. The van der Waals surface area contributed by atoms with Gasteiger partial charge in [-0.05, 0) is 35.4 Å². The lowest BCUT2D eigenvalue weighted by Gasteiger charge is -2.23. The predicted molar refractivity (Wildman–Crippen MR) is 89.4 cm³/mol. The third kappa shape index (κ3) is 5.69. The molecule has 1 N–H and O–H groups in total. The molecular weight excluding hydrogens is 349 g/mol. The summed E-state index contributed by atoms with van der Waals surface area (Å²) >= 11 is 5.83. The number of nitrogens with zero attached hydrogens (tertiary/aromatic N) is 1. The van der Waals surface area contributed by atoms with Crippen LogP contribution in [0.5, 0.6) is 0 Å². The van der Waals surface area contributed by atoms with Crippen molar-refractivity contribution in [3.63, 3.8) is 0 Å². The van der Waals surface area contributed by atoms with Gasteiger partial charge in [-0.25, -0.2) is 9.18 Å². The minimum atomic E-state index is -1.65. The maximum Gasteiger partial charge on any atom is 0.372 e. The van der Waals surface area contributed by atoms with E-state index in [0.29, 0.717) is 10.6 Å². The second kappa shape index (κ2) is 8.39. The number of benzene rings is 2. The van der Waals surface area contributed by atoms with E-state index in [4.69, 9.17) is 16.7 Å². The molecule has 0 aliphatic heterocycles. The quantitative estimate of drug-likeness (QED) is 0.606. The minimum Gasteiger partial charge on any atom is -0.475 e. The number of carbonyl (C=O) groups is 3. The van der Waals surface area contributed by atoms with Gasteiger partial charge in [0.2, 0.25) is 11.7 Å². The van der Waals surface area contributed by atoms with Crippen molar-refractivity contribution < 1.29 is 23.9 Å². The molecule has 0 fully saturated rings. The summed E-state index contributed by atoms with van der Waals surface area (Å²) in [7, 11) is 0. The van der Waals surface area contributed by atoms with Crippen molar-refractivity contribution in [3.8, 4) is 0 Å². The number of hydrogen-bond acceptors (Lipinski definition) is 3. The van der Waals surface area contributed by atoms with Crippen molar-refractivity contribution >= 4 is 29.3 Å². The number of carboxylic acid groups (broad SMARTS) is 1. The summed E-state index contributed by atoms with van der Waals surface area (Å²) in [6.07, 6.45) is -0.732. The number of ketones is 1. The molecule has 25 heavy (non-hydrogen) atoms. The van der Waals surface area contributed by atoms with E-state index in [0.717, 1.165) is 5.56 Å². The highest BCUT2D eigenvalue weighted by atomic mass is 35.5. The molecule has 5 nitrogen and oxygen atoms in total. The first-order valence-electron chi connectivity index (χ1n) is 7.38. The Bertz CT molecular complexity index is 727. The van der Waals surface area contributed by atoms with Crippen LogP contribution in [0.1, 0.15) is 17.5 Å². The van der Waals surface area contributed by atoms with Crippen LogP contribution in [0.4, 0.5) is 4.39 Å². The Morgan fingerprint density at radius 1 is 0.920 bits per heavy atom. The molecule has 0 bridgehead atoms. The Morgan fingerprint density at radius 3 is 1.88 bits per heavy atom. The summed E-state index contributed by atoms with van der Waals surface area (Å²) in [5, 5.41) is 9.22. The summed E-state index contributed by atoms with van der Waals surface area (Å²) < 4.78 is 13.0. The Morgan fingerprint density at radius 2 is 1.40 bits per heavy atom. The van der Waals surface area contributed by atoms with Crippen LogP contribution in [0, 0.1) is 5.82 Å². The molecule has 0 aliphatic carbocycles. The SMILES string of the molecule is O=C(O)C(=O)CC(=O)N(Cc1ccc(F)cc1)Cc1ccc(Cl)cc1. The molecule has 2 aromatic carbocycles. The number of aliphatic carboxylic acids is 1. The van der Waals surface area contributed by atoms with Crippen molar-refractivity contribution in [3.05, 3.63) is 70.5 Å². The van der Waals surface area contributed by atoms with E-state index in [2.05, 4.69) is 0 Å². The van der Waals surface area contributed by atoms with Crippen molar-refractivity contribution in [2.24, 2.45) is 0 Å². The lowest BCUT2D eigenvalue weighted by atomic mass is 10.1. The zero-order valence-electron chi connectivity index (χ0n) is 13.1. The standard InChI is InChI=1S/C18H15ClFNO4/c19-14-5-1-12(2-6-14)10-21(17(23)9-16(22)18(24)25)11-13-3-7-15(20)8-4-13/h1-8H,9-11H2,(H,24,25). The molecular formula is C18H15ClFNO4. The Labute approximate surface area is 148 Å². The zero-order chi connectivity index (χ0) is 18.4. The summed E-state index contributed by atoms with van der Waals surface area (Å²) in [4.78, 5) is 35.7. The summed E-state index contributed by atoms with van der Waals surface area (Å²) in [6.45, 7) is 0.287. The van der Waals surface area contributed by atoms with Crippen LogP contribution in [-0.4, -0.2) is 27.7 Å². The van der Waals surface area contributed by atoms with Gasteiger partial charge in [-0.2, -0.15) is 0 Å². The minimum absolute atomic E-state index is 0.120. The van der Waals surface area contributed by atoms with Gasteiger partial charge >= 0.3 is 5.97 Å². The van der Waals surface area contributed by atoms with Gasteiger partial charge in [0, 0.05) is 18.1 Å². The van der Waals surface area contributed by atoms with Gasteiger partial charge in [-0.15, -0.1) is 0 Å². The third-order valence-electron chi connectivity index (χ3n) is 3.48. The molecule has 2 rings (SSSR count). The molecule has 0 saturated heterocycles. The second-order valence-electron chi connectivity index (χ2n) is 5.41. The molecule has 0 radical (unpaired) electrons. The predicted octanol–water partition coefficient (Wildman–Crippen LogP) is 3.05. The molecule has 0 unspecified atom stereocenters. The molecule has 1 amide bonds. The first kappa shape index (κ1) is 18.6. The van der Waals surface area contributed by atoms with Crippen LogP contribution in [-0.2, 0) is 27.5 Å². The van der Waals surface area contributed by atoms with Crippen LogP contribution in [0.25, 0.3) is 0 Å². The molecule has 7 heteroatoms. The Balaban J connectivity index is 2.18. The number of hydrogen-bond donors (Lipinski definition) is 1. The molecule has 0 saturated carbocycles. The smallest absolute Gasteiger partial charge is 0.372 e. The number of rotatable bonds is 7. The van der Waals surface area contributed by atoms with Gasteiger partial charge in [-0.3, -0.25) is 9.59 Å². The van der Waals surface area contributed by atoms with Gasteiger partial charge in [0.05, 0.1) is 6.42 Å². The number of carboxylic acids is 1. The van der Waals surface area contributed by atoms with Gasteiger partial charge in [-0.1, -0.05) is 35.9 Å². The van der Waals surface area contributed by atoms with Crippen molar-refractivity contribution in [1.29, 1.82) is 0 Å².